The average Bonchev–Trinajstić information content (AvgIpc) is 3.31. The first-order valence-corrected chi connectivity index (χ1v) is 13.9. The molecule has 2 heterocycles. The predicted octanol–water partition coefficient (Wildman–Crippen LogP) is 6.63. The Morgan fingerprint density at radius 3 is 2.78 bits per heavy atom. The standard InChI is InChI=1S/C26H23ClN6O2S2/c1-2-36-26(35)30-17-7-5-6-15(12-17)13-29-24(34)33-25-31-20-11-10-16-14-28-23(32-21(16)22(20)37-25)18-8-3-4-9-19(18)27/h3-9,12,14H,2,10-11,13H2,1H3,(H,30,35)(H2,29,31,33,34). The van der Waals surface area contributed by atoms with Gasteiger partial charge in [-0.2, -0.15) is 0 Å². The predicted molar refractivity (Wildman–Crippen MR) is 150 cm³/mol. The van der Waals surface area contributed by atoms with Crippen LogP contribution in [0.5, 0.6) is 0 Å². The summed E-state index contributed by atoms with van der Waals surface area (Å²) in [5.74, 6) is 1.26. The van der Waals surface area contributed by atoms with Crippen molar-refractivity contribution < 1.29 is 9.59 Å². The van der Waals surface area contributed by atoms with Crippen LogP contribution >= 0.6 is 34.7 Å². The zero-order valence-corrected chi connectivity index (χ0v) is 22.3. The quantitative estimate of drug-likeness (QED) is 0.249. The van der Waals surface area contributed by atoms with Gasteiger partial charge in [0, 0.05) is 24.0 Å². The highest BCUT2D eigenvalue weighted by atomic mass is 35.5. The first-order valence-electron chi connectivity index (χ1n) is 11.7. The maximum atomic E-state index is 12.6. The van der Waals surface area contributed by atoms with Gasteiger partial charge in [0.25, 0.3) is 5.24 Å². The molecule has 4 aromatic rings. The molecule has 188 valence electrons. The van der Waals surface area contributed by atoms with Crippen LogP contribution < -0.4 is 16.0 Å². The zero-order valence-electron chi connectivity index (χ0n) is 19.9. The second kappa shape index (κ2) is 11.3. The van der Waals surface area contributed by atoms with Crippen LogP contribution in [0.2, 0.25) is 5.02 Å². The van der Waals surface area contributed by atoms with Crippen molar-refractivity contribution in [1.82, 2.24) is 20.3 Å². The Balaban J connectivity index is 1.26. The Labute approximate surface area is 227 Å². The lowest BCUT2D eigenvalue weighted by molar-refractivity contribution is 0.251. The molecule has 3 N–H and O–H groups in total. The number of amides is 3. The molecule has 1 aliphatic rings. The summed E-state index contributed by atoms with van der Waals surface area (Å²) in [6, 6.07) is 14.5. The number of nitrogens with one attached hydrogen (secondary N) is 3. The van der Waals surface area contributed by atoms with Crippen molar-refractivity contribution in [3.05, 3.63) is 76.6 Å². The third kappa shape index (κ3) is 5.93. The number of rotatable bonds is 6. The number of anilines is 2. The monoisotopic (exact) mass is 550 g/mol. The van der Waals surface area contributed by atoms with Gasteiger partial charge in [0.15, 0.2) is 11.0 Å². The van der Waals surface area contributed by atoms with Gasteiger partial charge in [-0.25, -0.2) is 19.7 Å². The summed E-state index contributed by atoms with van der Waals surface area (Å²) in [6.07, 6.45) is 3.39. The van der Waals surface area contributed by atoms with Crippen LogP contribution in [0.4, 0.5) is 20.4 Å². The van der Waals surface area contributed by atoms with Crippen molar-refractivity contribution in [3.8, 4) is 22.0 Å². The second-order valence-corrected chi connectivity index (χ2v) is 10.8. The Bertz CT molecular complexity index is 1480. The van der Waals surface area contributed by atoms with Crippen molar-refractivity contribution >= 4 is 56.8 Å². The number of halogens is 1. The van der Waals surface area contributed by atoms with Crippen molar-refractivity contribution in [2.24, 2.45) is 0 Å². The van der Waals surface area contributed by atoms with Gasteiger partial charge >= 0.3 is 6.03 Å². The van der Waals surface area contributed by atoms with Gasteiger partial charge < -0.3 is 10.6 Å². The minimum absolute atomic E-state index is 0.107. The van der Waals surface area contributed by atoms with E-state index in [1.807, 2.05) is 61.7 Å². The van der Waals surface area contributed by atoms with Crippen LogP contribution in [0.15, 0.2) is 54.7 Å². The molecule has 8 nitrogen and oxygen atoms in total. The van der Waals surface area contributed by atoms with E-state index >= 15 is 0 Å². The molecular weight excluding hydrogens is 528 g/mol. The van der Waals surface area contributed by atoms with Crippen molar-refractivity contribution in [2.45, 2.75) is 26.3 Å². The Morgan fingerprint density at radius 1 is 1.08 bits per heavy atom. The van der Waals surface area contributed by atoms with E-state index in [0.717, 1.165) is 45.8 Å². The number of thiazole rings is 1. The molecule has 1 aliphatic carbocycles. The first-order chi connectivity index (χ1) is 18.0. The molecule has 0 aliphatic heterocycles. The molecule has 0 saturated heterocycles. The molecule has 0 saturated carbocycles. The van der Waals surface area contributed by atoms with E-state index in [-0.39, 0.29) is 11.3 Å². The Morgan fingerprint density at radius 2 is 1.95 bits per heavy atom. The smallest absolute Gasteiger partial charge is 0.321 e. The van der Waals surface area contributed by atoms with Crippen LogP contribution in [-0.2, 0) is 19.4 Å². The molecule has 37 heavy (non-hydrogen) atoms. The number of hydrogen-bond donors (Lipinski definition) is 3. The van der Waals surface area contributed by atoms with E-state index in [0.29, 0.717) is 34.0 Å². The zero-order chi connectivity index (χ0) is 25.8. The lowest BCUT2D eigenvalue weighted by Gasteiger charge is -2.14. The van der Waals surface area contributed by atoms with Gasteiger partial charge in [0.05, 0.1) is 21.3 Å². The van der Waals surface area contributed by atoms with Crippen molar-refractivity contribution in [2.75, 3.05) is 16.4 Å². The summed E-state index contributed by atoms with van der Waals surface area (Å²) in [5.41, 5.74) is 5.12. The molecule has 0 bridgehead atoms. The highest BCUT2D eigenvalue weighted by Gasteiger charge is 2.24. The molecule has 0 atom stereocenters. The number of hydrogen-bond acceptors (Lipinski definition) is 7. The van der Waals surface area contributed by atoms with E-state index in [4.69, 9.17) is 16.6 Å². The summed E-state index contributed by atoms with van der Waals surface area (Å²) in [6.45, 7) is 2.23. The number of urea groups is 1. The van der Waals surface area contributed by atoms with Crippen LogP contribution in [-0.4, -0.2) is 32.0 Å². The summed E-state index contributed by atoms with van der Waals surface area (Å²) >= 11 is 8.96. The fraction of sp³-hybridized carbons (Fsp3) is 0.192. The normalized spacial score (nSPS) is 11.8. The minimum atomic E-state index is -0.359. The van der Waals surface area contributed by atoms with E-state index in [9.17, 15) is 9.59 Å². The number of nitrogens with zero attached hydrogens (tertiary/aromatic N) is 3. The van der Waals surface area contributed by atoms with Gasteiger partial charge in [0.2, 0.25) is 0 Å². The summed E-state index contributed by atoms with van der Waals surface area (Å²) < 4.78 is 0. The van der Waals surface area contributed by atoms with E-state index in [2.05, 4.69) is 25.9 Å². The van der Waals surface area contributed by atoms with Crippen LogP contribution in [0.25, 0.3) is 22.0 Å². The third-order valence-electron chi connectivity index (χ3n) is 5.65. The van der Waals surface area contributed by atoms with E-state index in [1.54, 1.807) is 0 Å². The third-order valence-corrected chi connectivity index (χ3v) is 7.65. The highest BCUT2D eigenvalue weighted by Crippen LogP contribution is 2.39. The van der Waals surface area contributed by atoms with E-state index < -0.39 is 0 Å². The second-order valence-electron chi connectivity index (χ2n) is 8.20. The maximum absolute atomic E-state index is 12.6. The molecule has 11 heteroatoms. The Hall–Kier alpha value is -3.47. The maximum Gasteiger partial charge on any atom is 0.321 e. The van der Waals surface area contributed by atoms with Crippen LogP contribution in [0.3, 0.4) is 0 Å². The van der Waals surface area contributed by atoms with E-state index in [1.165, 1.54) is 23.1 Å². The number of aryl methyl sites for hydroxylation is 2. The molecule has 0 spiro atoms. The molecular formula is C26H23ClN6O2S2. The number of benzene rings is 2. The molecule has 0 radical (unpaired) electrons. The Kier molecular flexibility index (Phi) is 7.68. The summed E-state index contributed by atoms with van der Waals surface area (Å²) in [5, 5.41) is 9.51. The number of carbonyl (C=O) groups excluding carboxylic acids is 2. The highest BCUT2D eigenvalue weighted by molar-refractivity contribution is 8.13. The van der Waals surface area contributed by atoms with Gasteiger partial charge in [-0.3, -0.25) is 10.1 Å². The topological polar surface area (TPSA) is 109 Å². The molecule has 5 rings (SSSR count). The van der Waals surface area contributed by atoms with Gasteiger partial charge in [0.1, 0.15) is 0 Å². The fourth-order valence-electron chi connectivity index (χ4n) is 3.94. The molecule has 3 amide bonds. The number of carbonyl (C=O) groups is 2. The van der Waals surface area contributed by atoms with Gasteiger partial charge in [-0.1, -0.05) is 65.9 Å². The fourth-order valence-corrected chi connectivity index (χ4v) is 5.64. The minimum Gasteiger partial charge on any atom is -0.334 e. The number of aromatic nitrogens is 3. The lowest BCUT2D eigenvalue weighted by Crippen LogP contribution is -2.28. The van der Waals surface area contributed by atoms with Crippen LogP contribution in [0.1, 0.15) is 23.7 Å². The van der Waals surface area contributed by atoms with Crippen molar-refractivity contribution in [1.29, 1.82) is 0 Å². The number of fused-ring (bicyclic) bond motifs is 3. The summed E-state index contributed by atoms with van der Waals surface area (Å²) in [4.78, 5) is 39.3. The summed E-state index contributed by atoms with van der Waals surface area (Å²) in [7, 11) is 0. The molecule has 2 aromatic heterocycles. The van der Waals surface area contributed by atoms with Crippen molar-refractivity contribution in [3.63, 3.8) is 0 Å². The van der Waals surface area contributed by atoms with Gasteiger partial charge in [-0.05, 0) is 54.0 Å². The molecule has 0 unspecified atom stereocenters. The van der Waals surface area contributed by atoms with Crippen LogP contribution in [0, 0.1) is 0 Å². The molecule has 2 aromatic carbocycles. The first kappa shape index (κ1) is 25.2. The SMILES string of the molecule is CCSC(=O)Nc1cccc(CNC(=O)Nc2nc3c(s2)-c2nc(-c4ccccc4Cl)ncc2CC3)c1. The largest absolute Gasteiger partial charge is 0.334 e. The van der Waals surface area contributed by atoms with Gasteiger partial charge in [-0.15, -0.1) is 0 Å². The molecule has 0 fully saturated rings. The average molecular weight is 551 g/mol. The lowest BCUT2D eigenvalue weighted by atomic mass is 9.99. The number of thioether (sulfide) groups is 1.